The molecule has 0 saturated carbocycles. The number of halogens is 1. The molecule has 3 amide bonds. The Morgan fingerprint density at radius 2 is 1.70 bits per heavy atom. The molecule has 2 aliphatic rings. The number of rotatable bonds is 4. The molecule has 3 aromatic rings. The van der Waals surface area contributed by atoms with E-state index in [9.17, 15) is 14.0 Å². The maximum atomic E-state index is 13.3. The fourth-order valence-electron chi connectivity index (χ4n) is 4.62. The van der Waals surface area contributed by atoms with Crippen molar-refractivity contribution in [1.29, 1.82) is 0 Å². The van der Waals surface area contributed by atoms with Gasteiger partial charge in [0.1, 0.15) is 5.82 Å². The quantitative estimate of drug-likeness (QED) is 0.636. The third kappa shape index (κ3) is 4.46. The number of carbonyl (C=O) groups excluding carboxylic acids is 2. The number of likely N-dealkylation sites (tertiary alicyclic amines) is 1. The first kappa shape index (κ1) is 21.2. The molecule has 7 nitrogen and oxygen atoms in total. The van der Waals surface area contributed by atoms with Crippen molar-refractivity contribution in [2.24, 2.45) is 0 Å². The fraction of sp³-hybridized carbons (Fsp3) is 0.320. The number of benzene rings is 2. The summed E-state index contributed by atoms with van der Waals surface area (Å²) in [4.78, 5) is 27.4. The van der Waals surface area contributed by atoms with Crippen LogP contribution in [-0.2, 0) is 12.8 Å². The Morgan fingerprint density at radius 1 is 0.970 bits per heavy atom. The minimum absolute atomic E-state index is 0.00806. The fourth-order valence-corrected chi connectivity index (χ4v) is 4.62. The van der Waals surface area contributed by atoms with Gasteiger partial charge in [-0.05, 0) is 68.5 Å². The summed E-state index contributed by atoms with van der Waals surface area (Å²) in [5, 5.41) is 10.6. The van der Waals surface area contributed by atoms with Crippen LogP contribution in [-0.4, -0.2) is 45.8 Å². The van der Waals surface area contributed by atoms with Crippen LogP contribution in [0.2, 0.25) is 0 Å². The summed E-state index contributed by atoms with van der Waals surface area (Å²) in [5.74, 6) is -0.481. The highest BCUT2D eigenvalue weighted by atomic mass is 19.1. The van der Waals surface area contributed by atoms with Gasteiger partial charge in [-0.1, -0.05) is 18.2 Å². The van der Waals surface area contributed by atoms with Crippen LogP contribution in [0.25, 0.3) is 5.69 Å². The monoisotopic (exact) mass is 447 g/mol. The van der Waals surface area contributed by atoms with Crippen LogP contribution in [0.4, 0.5) is 14.9 Å². The second-order valence-corrected chi connectivity index (χ2v) is 8.55. The van der Waals surface area contributed by atoms with E-state index in [1.807, 2.05) is 30.3 Å². The normalized spacial score (nSPS) is 15.8. The molecular formula is C25H26FN5O2. The van der Waals surface area contributed by atoms with Crippen LogP contribution in [0.5, 0.6) is 0 Å². The lowest BCUT2D eigenvalue weighted by atomic mass is 10.0. The number of aromatic nitrogens is 2. The van der Waals surface area contributed by atoms with Crippen LogP contribution < -0.4 is 10.6 Å². The number of anilines is 1. The Balaban J connectivity index is 1.22. The van der Waals surface area contributed by atoms with Crippen molar-refractivity contribution in [3.8, 4) is 5.69 Å². The zero-order chi connectivity index (χ0) is 22.8. The van der Waals surface area contributed by atoms with Crippen LogP contribution in [0, 0.1) is 5.82 Å². The lowest BCUT2D eigenvalue weighted by Gasteiger charge is -2.32. The molecule has 0 unspecified atom stereocenters. The molecule has 0 bridgehead atoms. The summed E-state index contributed by atoms with van der Waals surface area (Å²) in [6.45, 7) is 1.15. The van der Waals surface area contributed by atoms with Gasteiger partial charge in [0.2, 0.25) is 0 Å². The van der Waals surface area contributed by atoms with E-state index in [0.29, 0.717) is 31.6 Å². The van der Waals surface area contributed by atoms with E-state index >= 15 is 0 Å². The highest BCUT2D eigenvalue weighted by Gasteiger charge is 2.29. The van der Waals surface area contributed by atoms with Gasteiger partial charge in [0.05, 0.1) is 5.69 Å². The molecule has 2 aromatic carbocycles. The average Bonchev–Trinajstić information content (AvgIpc) is 3.44. The Morgan fingerprint density at radius 3 is 2.42 bits per heavy atom. The molecule has 1 saturated heterocycles. The summed E-state index contributed by atoms with van der Waals surface area (Å²) in [6, 6.07) is 15.4. The molecule has 170 valence electrons. The first-order valence-corrected chi connectivity index (χ1v) is 11.4. The smallest absolute Gasteiger partial charge is 0.321 e. The number of urea groups is 1. The number of nitrogens with zero attached hydrogens (tertiary/aromatic N) is 3. The molecule has 33 heavy (non-hydrogen) atoms. The van der Waals surface area contributed by atoms with Crippen LogP contribution >= 0.6 is 0 Å². The van der Waals surface area contributed by atoms with E-state index in [0.717, 1.165) is 41.9 Å². The maximum absolute atomic E-state index is 13.3. The summed E-state index contributed by atoms with van der Waals surface area (Å²) < 4.78 is 15.1. The predicted octanol–water partition coefficient (Wildman–Crippen LogP) is 3.93. The predicted molar refractivity (Wildman–Crippen MR) is 123 cm³/mol. The van der Waals surface area contributed by atoms with Gasteiger partial charge in [0.15, 0.2) is 5.69 Å². The molecule has 1 aliphatic heterocycles. The zero-order valence-electron chi connectivity index (χ0n) is 18.3. The minimum Gasteiger partial charge on any atom is -0.348 e. The molecule has 2 heterocycles. The van der Waals surface area contributed by atoms with Gasteiger partial charge in [-0.3, -0.25) is 4.79 Å². The van der Waals surface area contributed by atoms with Gasteiger partial charge in [0, 0.05) is 36.1 Å². The summed E-state index contributed by atoms with van der Waals surface area (Å²) in [6.07, 6.45) is 4.02. The molecule has 1 aromatic heterocycles. The molecule has 0 spiro atoms. The Bertz CT molecular complexity index is 1150. The van der Waals surface area contributed by atoms with Crippen molar-refractivity contribution in [2.45, 2.75) is 38.1 Å². The number of nitrogens with one attached hydrogen (secondary N) is 2. The van der Waals surface area contributed by atoms with E-state index in [-0.39, 0.29) is 23.8 Å². The van der Waals surface area contributed by atoms with E-state index in [2.05, 4.69) is 15.7 Å². The summed E-state index contributed by atoms with van der Waals surface area (Å²) >= 11 is 0. The zero-order valence-corrected chi connectivity index (χ0v) is 18.3. The minimum atomic E-state index is -0.302. The van der Waals surface area contributed by atoms with Crippen LogP contribution in [0.1, 0.15) is 41.0 Å². The third-order valence-corrected chi connectivity index (χ3v) is 6.36. The Hall–Kier alpha value is -3.68. The van der Waals surface area contributed by atoms with Crippen LogP contribution in [0.3, 0.4) is 0 Å². The number of carbonyl (C=O) groups is 2. The Labute approximate surface area is 191 Å². The largest absolute Gasteiger partial charge is 0.348 e. The molecule has 5 rings (SSSR count). The number of para-hydroxylation sites is 1. The molecule has 0 radical (unpaired) electrons. The van der Waals surface area contributed by atoms with Gasteiger partial charge in [0.25, 0.3) is 5.91 Å². The van der Waals surface area contributed by atoms with Gasteiger partial charge in [-0.15, -0.1) is 0 Å². The molecule has 1 aliphatic carbocycles. The van der Waals surface area contributed by atoms with Gasteiger partial charge < -0.3 is 15.5 Å². The van der Waals surface area contributed by atoms with Crippen molar-refractivity contribution >= 4 is 17.6 Å². The van der Waals surface area contributed by atoms with E-state index in [1.165, 1.54) is 12.1 Å². The Kier molecular flexibility index (Phi) is 5.81. The molecular weight excluding hydrogens is 421 g/mol. The molecule has 0 atom stereocenters. The molecule has 8 heteroatoms. The van der Waals surface area contributed by atoms with E-state index in [1.54, 1.807) is 21.7 Å². The number of piperidine rings is 1. The lowest BCUT2D eigenvalue weighted by molar-refractivity contribution is 0.0913. The van der Waals surface area contributed by atoms with Crippen molar-refractivity contribution < 1.29 is 14.0 Å². The summed E-state index contributed by atoms with van der Waals surface area (Å²) in [7, 11) is 0. The molecule has 2 N–H and O–H groups in total. The van der Waals surface area contributed by atoms with Gasteiger partial charge in [-0.2, -0.15) is 5.10 Å². The highest BCUT2D eigenvalue weighted by molar-refractivity contribution is 5.94. The third-order valence-electron chi connectivity index (χ3n) is 6.36. The van der Waals surface area contributed by atoms with Crippen LogP contribution in [0.15, 0.2) is 54.6 Å². The average molecular weight is 448 g/mol. The second kappa shape index (κ2) is 9.05. The van der Waals surface area contributed by atoms with E-state index < -0.39 is 0 Å². The van der Waals surface area contributed by atoms with Crippen molar-refractivity contribution in [3.05, 3.63) is 77.4 Å². The van der Waals surface area contributed by atoms with Gasteiger partial charge >= 0.3 is 6.03 Å². The standard InChI is InChI=1S/C25H26FN5O2/c26-17-9-11-20(12-10-17)31-22-8-4-7-21(22)23(29-31)24(32)27-19-13-15-30(16-14-19)25(33)28-18-5-2-1-3-6-18/h1-3,5-6,9-12,19H,4,7-8,13-16H2,(H,27,32)(H,28,33). The summed E-state index contributed by atoms with van der Waals surface area (Å²) in [5.41, 5.74) is 3.99. The topological polar surface area (TPSA) is 79.3 Å². The first-order valence-electron chi connectivity index (χ1n) is 11.4. The van der Waals surface area contributed by atoms with Crippen molar-refractivity contribution in [1.82, 2.24) is 20.0 Å². The van der Waals surface area contributed by atoms with Crippen molar-refractivity contribution in [3.63, 3.8) is 0 Å². The number of fused-ring (bicyclic) bond motifs is 1. The lowest BCUT2D eigenvalue weighted by Crippen LogP contribution is -2.47. The second-order valence-electron chi connectivity index (χ2n) is 8.55. The first-order chi connectivity index (χ1) is 16.1. The molecule has 1 fully saturated rings. The number of amides is 3. The maximum Gasteiger partial charge on any atom is 0.321 e. The highest BCUT2D eigenvalue weighted by Crippen LogP contribution is 2.28. The SMILES string of the molecule is O=C(NC1CCN(C(=O)Nc2ccccc2)CC1)c1nn(-c2ccc(F)cc2)c2c1CCC2. The number of hydrogen-bond acceptors (Lipinski definition) is 3. The van der Waals surface area contributed by atoms with Crippen molar-refractivity contribution in [2.75, 3.05) is 18.4 Å². The number of hydrogen-bond donors (Lipinski definition) is 2. The van der Waals surface area contributed by atoms with E-state index in [4.69, 9.17) is 0 Å². The van der Waals surface area contributed by atoms with Gasteiger partial charge in [-0.25, -0.2) is 13.9 Å².